The fourth-order valence-electron chi connectivity index (χ4n) is 2.20. The molecule has 0 atom stereocenters. The van der Waals surface area contributed by atoms with Gasteiger partial charge in [0.1, 0.15) is 5.82 Å². The van der Waals surface area contributed by atoms with Gasteiger partial charge < -0.3 is 0 Å². The molecule has 0 fully saturated rings. The smallest absolute Gasteiger partial charge is 0.128 e. The number of benzene rings is 1. The number of hydrazone groups is 1. The molecule has 0 unspecified atom stereocenters. The lowest BCUT2D eigenvalue weighted by molar-refractivity contribution is 0.559. The van der Waals surface area contributed by atoms with Gasteiger partial charge in [-0.25, -0.2) is 4.39 Å². The topological polar surface area (TPSA) is 24.4 Å². The molecule has 0 heterocycles. The highest BCUT2D eigenvalue weighted by Gasteiger charge is 2.22. The maximum Gasteiger partial charge on any atom is 0.128 e. The van der Waals surface area contributed by atoms with E-state index in [1.807, 2.05) is 13.8 Å². The first-order valence-corrected chi connectivity index (χ1v) is 5.31. The Morgan fingerprint density at radius 1 is 1.25 bits per heavy atom. The SMILES string of the molecule is C=NNc1cc(F)c(C)c(C(C)(C)C)c1C. The van der Waals surface area contributed by atoms with Gasteiger partial charge in [0.15, 0.2) is 0 Å². The van der Waals surface area contributed by atoms with E-state index < -0.39 is 0 Å². The lowest BCUT2D eigenvalue weighted by Gasteiger charge is -2.26. The monoisotopic (exact) mass is 222 g/mol. The molecule has 1 aromatic carbocycles. The van der Waals surface area contributed by atoms with Crippen LogP contribution in [-0.2, 0) is 5.41 Å². The van der Waals surface area contributed by atoms with Crippen molar-refractivity contribution in [1.82, 2.24) is 0 Å². The molecule has 0 amide bonds. The van der Waals surface area contributed by atoms with Crippen LogP contribution in [0.2, 0.25) is 0 Å². The summed E-state index contributed by atoms with van der Waals surface area (Å²) in [6, 6.07) is 1.47. The van der Waals surface area contributed by atoms with E-state index in [1.54, 1.807) is 0 Å². The summed E-state index contributed by atoms with van der Waals surface area (Å²) in [5, 5.41) is 3.59. The van der Waals surface area contributed by atoms with Crippen LogP contribution in [-0.4, -0.2) is 6.72 Å². The minimum Gasteiger partial charge on any atom is -0.279 e. The molecule has 0 aliphatic rings. The van der Waals surface area contributed by atoms with Crippen LogP contribution < -0.4 is 5.43 Å². The van der Waals surface area contributed by atoms with Gasteiger partial charge in [-0.05, 0) is 42.0 Å². The zero-order valence-corrected chi connectivity index (χ0v) is 10.6. The van der Waals surface area contributed by atoms with Gasteiger partial charge in [0.05, 0.1) is 5.69 Å². The maximum atomic E-state index is 13.8. The third-order valence-corrected chi connectivity index (χ3v) is 2.73. The van der Waals surface area contributed by atoms with Gasteiger partial charge in [-0.2, -0.15) is 5.10 Å². The zero-order valence-electron chi connectivity index (χ0n) is 10.6. The Hall–Kier alpha value is -1.38. The van der Waals surface area contributed by atoms with E-state index in [4.69, 9.17) is 0 Å². The molecular formula is C13H19FN2. The molecule has 0 saturated heterocycles. The third-order valence-electron chi connectivity index (χ3n) is 2.73. The molecule has 1 N–H and O–H groups in total. The zero-order chi connectivity index (χ0) is 12.5. The van der Waals surface area contributed by atoms with Crippen LogP contribution in [0.1, 0.15) is 37.5 Å². The first-order valence-electron chi connectivity index (χ1n) is 5.31. The van der Waals surface area contributed by atoms with Crippen molar-refractivity contribution in [3.05, 3.63) is 28.6 Å². The Bertz CT molecular complexity index is 417. The van der Waals surface area contributed by atoms with Gasteiger partial charge in [0.25, 0.3) is 0 Å². The normalized spacial score (nSPS) is 11.4. The first-order chi connectivity index (χ1) is 7.29. The van der Waals surface area contributed by atoms with E-state index in [2.05, 4.69) is 38.0 Å². The molecule has 88 valence electrons. The van der Waals surface area contributed by atoms with Crippen molar-refractivity contribution in [2.24, 2.45) is 5.10 Å². The van der Waals surface area contributed by atoms with E-state index in [0.717, 1.165) is 11.1 Å². The number of anilines is 1. The minimum absolute atomic E-state index is 0.0894. The number of hydrogen-bond acceptors (Lipinski definition) is 2. The van der Waals surface area contributed by atoms with E-state index in [0.29, 0.717) is 11.3 Å². The van der Waals surface area contributed by atoms with Crippen molar-refractivity contribution in [3.8, 4) is 0 Å². The summed E-state index contributed by atoms with van der Waals surface area (Å²) in [5.74, 6) is -0.207. The Kier molecular flexibility index (Phi) is 3.36. The molecule has 1 rings (SSSR count). The van der Waals surface area contributed by atoms with Gasteiger partial charge >= 0.3 is 0 Å². The van der Waals surface area contributed by atoms with Crippen molar-refractivity contribution in [2.75, 3.05) is 5.43 Å². The van der Waals surface area contributed by atoms with E-state index in [-0.39, 0.29) is 11.2 Å². The van der Waals surface area contributed by atoms with Crippen LogP contribution in [0.5, 0.6) is 0 Å². The number of halogens is 1. The van der Waals surface area contributed by atoms with E-state index >= 15 is 0 Å². The second-order valence-electron chi connectivity index (χ2n) is 5.05. The van der Waals surface area contributed by atoms with Crippen LogP contribution in [0.4, 0.5) is 10.1 Å². The maximum absolute atomic E-state index is 13.8. The first kappa shape index (κ1) is 12.7. The van der Waals surface area contributed by atoms with Crippen LogP contribution in [0, 0.1) is 19.7 Å². The van der Waals surface area contributed by atoms with Crippen molar-refractivity contribution in [2.45, 2.75) is 40.0 Å². The van der Waals surface area contributed by atoms with Crippen LogP contribution >= 0.6 is 0 Å². The van der Waals surface area contributed by atoms with Crippen molar-refractivity contribution in [3.63, 3.8) is 0 Å². The lowest BCUT2D eigenvalue weighted by Crippen LogP contribution is -2.17. The molecule has 0 aliphatic carbocycles. The quantitative estimate of drug-likeness (QED) is 0.598. The Labute approximate surface area is 96.6 Å². The molecule has 0 spiro atoms. The van der Waals surface area contributed by atoms with Crippen LogP contribution in [0.3, 0.4) is 0 Å². The molecule has 2 nitrogen and oxygen atoms in total. The summed E-state index contributed by atoms with van der Waals surface area (Å²) in [4.78, 5) is 0. The van der Waals surface area contributed by atoms with E-state index in [1.165, 1.54) is 6.07 Å². The Balaban J connectivity index is 3.52. The summed E-state index contributed by atoms with van der Waals surface area (Å²) in [6.07, 6.45) is 0. The van der Waals surface area contributed by atoms with Gasteiger partial charge in [-0.3, -0.25) is 5.43 Å². The summed E-state index contributed by atoms with van der Waals surface area (Å²) in [7, 11) is 0. The molecule has 0 aromatic heterocycles. The highest BCUT2D eigenvalue weighted by Crippen LogP contribution is 2.34. The molecule has 3 heteroatoms. The van der Waals surface area contributed by atoms with Crippen LogP contribution in [0.15, 0.2) is 11.2 Å². The summed E-state index contributed by atoms with van der Waals surface area (Å²) in [6.45, 7) is 13.4. The third kappa shape index (κ3) is 2.23. The molecular weight excluding hydrogens is 203 g/mol. The molecule has 0 saturated carbocycles. The molecule has 0 aliphatic heterocycles. The van der Waals surface area contributed by atoms with Gasteiger partial charge in [0.2, 0.25) is 0 Å². The highest BCUT2D eigenvalue weighted by atomic mass is 19.1. The standard InChI is InChI=1S/C13H19FN2/c1-8-10(14)7-11(16-15-6)9(2)12(8)13(3,4)5/h7,16H,6H2,1-5H3. The number of nitrogens with zero attached hydrogens (tertiary/aromatic N) is 1. The number of nitrogens with one attached hydrogen (secondary N) is 1. The lowest BCUT2D eigenvalue weighted by atomic mass is 9.80. The largest absolute Gasteiger partial charge is 0.279 e. The molecule has 16 heavy (non-hydrogen) atoms. The fraction of sp³-hybridized carbons (Fsp3) is 0.462. The highest BCUT2D eigenvalue weighted by molar-refractivity contribution is 5.59. The van der Waals surface area contributed by atoms with Crippen molar-refractivity contribution in [1.29, 1.82) is 0 Å². The predicted octanol–water partition coefficient (Wildman–Crippen LogP) is 3.77. The van der Waals surface area contributed by atoms with Crippen LogP contribution in [0.25, 0.3) is 0 Å². The Morgan fingerprint density at radius 2 is 1.81 bits per heavy atom. The van der Waals surface area contributed by atoms with Crippen molar-refractivity contribution < 1.29 is 4.39 Å². The fourth-order valence-corrected chi connectivity index (χ4v) is 2.20. The second kappa shape index (κ2) is 4.24. The molecule has 0 bridgehead atoms. The number of rotatable bonds is 2. The second-order valence-corrected chi connectivity index (χ2v) is 5.05. The molecule has 1 aromatic rings. The predicted molar refractivity (Wildman–Crippen MR) is 67.7 cm³/mol. The van der Waals surface area contributed by atoms with Gasteiger partial charge in [-0.1, -0.05) is 20.8 Å². The van der Waals surface area contributed by atoms with Gasteiger partial charge in [0, 0.05) is 6.72 Å². The van der Waals surface area contributed by atoms with E-state index in [9.17, 15) is 4.39 Å². The molecule has 0 radical (unpaired) electrons. The average Bonchev–Trinajstić information content (AvgIpc) is 2.12. The van der Waals surface area contributed by atoms with Gasteiger partial charge in [-0.15, -0.1) is 0 Å². The summed E-state index contributed by atoms with van der Waals surface area (Å²) < 4.78 is 13.8. The number of hydrogen-bond donors (Lipinski definition) is 1. The minimum atomic E-state index is -0.207. The average molecular weight is 222 g/mol. The Morgan fingerprint density at radius 3 is 2.25 bits per heavy atom. The summed E-state index contributed by atoms with van der Waals surface area (Å²) >= 11 is 0. The van der Waals surface area contributed by atoms with Crippen molar-refractivity contribution >= 4 is 12.4 Å². The summed E-state index contributed by atoms with van der Waals surface area (Å²) in [5.41, 5.74) is 6.09.